The van der Waals surface area contributed by atoms with Crippen molar-refractivity contribution in [3.05, 3.63) is 29.6 Å². The molecule has 1 aromatic rings. The molecule has 2 atom stereocenters. The molecule has 5 heteroatoms. The molecule has 0 aliphatic carbocycles. The first-order valence-electron chi connectivity index (χ1n) is 7.91. The average Bonchev–Trinajstić information content (AvgIpc) is 2.48. The lowest BCUT2D eigenvalue weighted by Gasteiger charge is -2.30. The Hall–Kier alpha value is -1.91. The standard InChI is InChI=1S/C17H21FN2O2/c1-11-2-4-14(17(22)19-11)12-3-5-16(15(18)10-12)20-8-6-13(21)7-9-20/h3,5,10-11,14H,2,4,6-9H2,1H3,(H,19,22). The Morgan fingerprint density at radius 2 is 1.91 bits per heavy atom. The molecule has 0 bridgehead atoms. The van der Waals surface area contributed by atoms with Crippen molar-refractivity contribution in [2.24, 2.45) is 0 Å². The van der Waals surface area contributed by atoms with Crippen LogP contribution in [0.15, 0.2) is 18.2 Å². The SMILES string of the molecule is CC1CCC(c2ccc(N3CCC(=O)CC3)c(F)c2)C(=O)N1. The maximum Gasteiger partial charge on any atom is 0.227 e. The normalized spacial score (nSPS) is 26.0. The van der Waals surface area contributed by atoms with Gasteiger partial charge in [0.2, 0.25) is 5.91 Å². The van der Waals surface area contributed by atoms with E-state index in [9.17, 15) is 14.0 Å². The molecule has 1 amide bonds. The van der Waals surface area contributed by atoms with Crippen LogP contribution in [0, 0.1) is 5.82 Å². The molecule has 4 nitrogen and oxygen atoms in total. The summed E-state index contributed by atoms with van der Waals surface area (Å²) in [5.74, 6) is -0.350. The predicted molar refractivity (Wildman–Crippen MR) is 82.4 cm³/mol. The Kier molecular flexibility index (Phi) is 4.14. The van der Waals surface area contributed by atoms with Gasteiger partial charge in [-0.05, 0) is 37.5 Å². The van der Waals surface area contributed by atoms with Crippen molar-refractivity contribution < 1.29 is 14.0 Å². The summed E-state index contributed by atoms with van der Waals surface area (Å²) in [7, 11) is 0. The van der Waals surface area contributed by atoms with Crippen LogP contribution in [-0.2, 0) is 9.59 Å². The summed E-state index contributed by atoms with van der Waals surface area (Å²) in [6, 6.07) is 5.26. The van der Waals surface area contributed by atoms with Crippen LogP contribution in [0.3, 0.4) is 0 Å². The number of piperidine rings is 2. The molecule has 2 fully saturated rings. The number of carbonyl (C=O) groups excluding carboxylic acids is 2. The van der Waals surface area contributed by atoms with Gasteiger partial charge >= 0.3 is 0 Å². The minimum atomic E-state index is -0.307. The van der Waals surface area contributed by atoms with E-state index >= 15 is 0 Å². The minimum Gasteiger partial charge on any atom is -0.368 e. The Bertz CT molecular complexity index is 592. The molecule has 2 aliphatic rings. The first-order chi connectivity index (χ1) is 10.5. The number of rotatable bonds is 2. The molecule has 3 rings (SSSR count). The van der Waals surface area contributed by atoms with Crippen molar-refractivity contribution in [1.82, 2.24) is 5.32 Å². The fourth-order valence-corrected chi connectivity index (χ4v) is 3.27. The molecule has 1 N–H and O–H groups in total. The zero-order valence-corrected chi connectivity index (χ0v) is 12.8. The smallest absolute Gasteiger partial charge is 0.227 e. The van der Waals surface area contributed by atoms with Gasteiger partial charge in [-0.25, -0.2) is 4.39 Å². The number of ketones is 1. The van der Waals surface area contributed by atoms with Gasteiger partial charge in [0.05, 0.1) is 11.6 Å². The zero-order valence-electron chi connectivity index (χ0n) is 12.8. The maximum absolute atomic E-state index is 14.4. The van der Waals surface area contributed by atoms with Crippen molar-refractivity contribution >= 4 is 17.4 Å². The lowest BCUT2D eigenvalue weighted by molar-refractivity contribution is -0.124. The molecule has 2 aliphatic heterocycles. The fourth-order valence-electron chi connectivity index (χ4n) is 3.27. The highest BCUT2D eigenvalue weighted by molar-refractivity contribution is 5.85. The Morgan fingerprint density at radius 3 is 2.55 bits per heavy atom. The van der Waals surface area contributed by atoms with Crippen molar-refractivity contribution in [3.63, 3.8) is 0 Å². The molecule has 118 valence electrons. The van der Waals surface area contributed by atoms with Crippen LogP contribution in [-0.4, -0.2) is 30.8 Å². The van der Waals surface area contributed by atoms with Gasteiger partial charge in [0.1, 0.15) is 11.6 Å². The summed E-state index contributed by atoms with van der Waals surface area (Å²) >= 11 is 0. The number of hydrogen-bond acceptors (Lipinski definition) is 3. The summed E-state index contributed by atoms with van der Waals surface area (Å²) in [5.41, 5.74) is 1.26. The van der Waals surface area contributed by atoms with E-state index < -0.39 is 0 Å². The number of halogens is 1. The first-order valence-corrected chi connectivity index (χ1v) is 7.91. The third-order valence-electron chi connectivity index (χ3n) is 4.63. The van der Waals surface area contributed by atoms with Crippen LogP contribution < -0.4 is 10.2 Å². The van der Waals surface area contributed by atoms with Gasteiger partial charge in [-0.2, -0.15) is 0 Å². The van der Waals surface area contributed by atoms with Gasteiger partial charge in [0.25, 0.3) is 0 Å². The van der Waals surface area contributed by atoms with Gasteiger partial charge in [-0.3, -0.25) is 9.59 Å². The largest absolute Gasteiger partial charge is 0.368 e. The highest BCUT2D eigenvalue weighted by Crippen LogP contribution is 2.30. The monoisotopic (exact) mass is 304 g/mol. The van der Waals surface area contributed by atoms with E-state index in [2.05, 4.69) is 5.32 Å². The van der Waals surface area contributed by atoms with Crippen LogP contribution in [0.25, 0.3) is 0 Å². The van der Waals surface area contributed by atoms with Gasteiger partial charge in [0, 0.05) is 32.0 Å². The van der Waals surface area contributed by atoms with Crippen LogP contribution >= 0.6 is 0 Å². The number of nitrogens with zero attached hydrogens (tertiary/aromatic N) is 1. The van der Waals surface area contributed by atoms with E-state index in [1.165, 1.54) is 6.07 Å². The van der Waals surface area contributed by atoms with Crippen LogP contribution in [0.1, 0.15) is 44.1 Å². The molecule has 0 radical (unpaired) electrons. The predicted octanol–water partition coefficient (Wildman–Crippen LogP) is 2.38. The molecule has 0 saturated carbocycles. The minimum absolute atomic E-state index is 0.0190. The van der Waals surface area contributed by atoms with E-state index in [1.807, 2.05) is 17.9 Å². The highest BCUT2D eigenvalue weighted by Gasteiger charge is 2.28. The molecule has 22 heavy (non-hydrogen) atoms. The molecular weight excluding hydrogens is 283 g/mol. The molecule has 2 heterocycles. The lowest BCUT2D eigenvalue weighted by atomic mass is 9.88. The maximum atomic E-state index is 14.4. The Labute approximate surface area is 129 Å². The molecule has 2 saturated heterocycles. The van der Waals surface area contributed by atoms with Crippen molar-refractivity contribution in [2.75, 3.05) is 18.0 Å². The number of amides is 1. The molecule has 0 spiro atoms. The number of carbonyl (C=O) groups is 2. The van der Waals surface area contributed by atoms with Gasteiger partial charge in [-0.15, -0.1) is 0 Å². The lowest BCUT2D eigenvalue weighted by Crippen LogP contribution is -2.41. The second-order valence-corrected chi connectivity index (χ2v) is 6.28. The average molecular weight is 304 g/mol. The topological polar surface area (TPSA) is 49.4 Å². The van der Waals surface area contributed by atoms with Crippen LogP contribution in [0.4, 0.5) is 10.1 Å². The van der Waals surface area contributed by atoms with Gasteiger partial charge < -0.3 is 10.2 Å². The summed E-state index contributed by atoms with van der Waals surface area (Å²) in [4.78, 5) is 25.2. The molecule has 0 aromatic heterocycles. The second-order valence-electron chi connectivity index (χ2n) is 6.28. The van der Waals surface area contributed by atoms with Crippen molar-refractivity contribution in [2.45, 2.75) is 44.6 Å². The van der Waals surface area contributed by atoms with E-state index in [0.717, 1.165) is 18.4 Å². The van der Waals surface area contributed by atoms with Crippen molar-refractivity contribution in [3.8, 4) is 0 Å². The third kappa shape index (κ3) is 2.98. The third-order valence-corrected chi connectivity index (χ3v) is 4.63. The number of hydrogen-bond donors (Lipinski definition) is 1. The molecular formula is C17H21FN2O2. The quantitative estimate of drug-likeness (QED) is 0.912. The Morgan fingerprint density at radius 1 is 1.18 bits per heavy atom. The summed E-state index contributed by atoms with van der Waals surface area (Å²) in [6.07, 6.45) is 2.62. The molecule has 1 aromatic carbocycles. The fraction of sp³-hybridized carbons (Fsp3) is 0.529. The van der Waals surface area contributed by atoms with Crippen molar-refractivity contribution in [1.29, 1.82) is 0 Å². The summed E-state index contributed by atoms with van der Waals surface area (Å²) < 4.78 is 14.4. The van der Waals surface area contributed by atoms with E-state index in [1.54, 1.807) is 6.07 Å². The molecule has 2 unspecified atom stereocenters. The van der Waals surface area contributed by atoms with Crippen LogP contribution in [0.2, 0.25) is 0 Å². The highest BCUT2D eigenvalue weighted by atomic mass is 19.1. The van der Waals surface area contributed by atoms with E-state index in [-0.39, 0.29) is 29.5 Å². The number of anilines is 1. The Balaban J connectivity index is 1.77. The number of nitrogens with one attached hydrogen (secondary N) is 1. The van der Waals surface area contributed by atoms with Gasteiger partial charge in [-0.1, -0.05) is 6.07 Å². The van der Waals surface area contributed by atoms with Gasteiger partial charge in [0.15, 0.2) is 0 Å². The summed E-state index contributed by atoms with van der Waals surface area (Å²) in [6.45, 7) is 3.11. The van der Waals surface area contributed by atoms with E-state index in [0.29, 0.717) is 31.6 Å². The summed E-state index contributed by atoms with van der Waals surface area (Å²) in [5, 5.41) is 2.92. The zero-order chi connectivity index (χ0) is 15.7. The number of Topliss-reactive ketones (excluding diaryl/α,β-unsaturated/α-hetero) is 1. The van der Waals surface area contributed by atoms with E-state index in [4.69, 9.17) is 0 Å². The second kappa shape index (κ2) is 6.07. The first kappa shape index (κ1) is 15.0. The number of benzene rings is 1. The van der Waals surface area contributed by atoms with Crippen LogP contribution in [0.5, 0.6) is 0 Å².